The number of fused-ring (bicyclic) bond motifs is 2. The smallest absolute Gasteiger partial charge is 0.235 e. The fourth-order valence-corrected chi connectivity index (χ4v) is 5.27. The summed E-state index contributed by atoms with van der Waals surface area (Å²) in [6.07, 6.45) is -2.92. The lowest BCUT2D eigenvalue weighted by Gasteiger charge is -2.38. The van der Waals surface area contributed by atoms with Crippen LogP contribution in [0, 0.1) is 0 Å². The van der Waals surface area contributed by atoms with Crippen LogP contribution in [-0.2, 0) is 0 Å². The van der Waals surface area contributed by atoms with Crippen LogP contribution in [0.25, 0.3) is 22.3 Å². The van der Waals surface area contributed by atoms with Crippen LogP contribution in [0.4, 0.5) is 0 Å². The molecule has 12 nitrogen and oxygen atoms in total. The Bertz CT molecular complexity index is 1960. The van der Waals surface area contributed by atoms with E-state index in [4.69, 9.17) is 9.15 Å². The average molecular weight is 574 g/mol. The fraction of sp³-hybridized carbons (Fsp3) is 0.100. The molecule has 0 spiro atoms. The lowest BCUT2D eigenvalue weighted by molar-refractivity contribution is 0.00781. The van der Waals surface area contributed by atoms with Crippen molar-refractivity contribution in [1.82, 2.24) is 0 Å². The molecular weight excluding hydrogens is 552 g/mol. The number of aliphatic hydroxyl groups is 1. The molecule has 9 N–H and O–H groups in total. The minimum atomic E-state index is -1.63. The number of ether oxygens (including phenoxy) is 1. The third kappa shape index (κ3) is 4.00. The maximum Gasteiger partial charge on any atom is 0.235 e. The minimum absolute atomic E-state index is 0.0230. The van der Waals surface area contributed by atoms with Gasteiger partial charge in [-0.3, -0.25) is 4.79 Å². The molecule has 0 radical (unpaired) electrons. The predicted octanol–water partition coefficient (Wildman–Crippen LogP) is 3.73. The molecule has 0 aliphatic carbocycles. The van der Waals surface area contributed by atoms with E-state index in [0.717, 1.165) is 18.2 Å². The number of hydrogen-bond donors (Lipinski definition) is 9. The number of benzene rings is 4. The molecule has 5 aromatic rings. The van der Waals surface area contributed by atoms with Crippen molar-refractivity contribution in [3.05, 3.63) is 87.6 Å². The normalized spacial score (nSPS) is 18.0. The van der Waals surface area contributed by atoms with Crippen LogP contribution in [0.1, 0.15) is 28.7 Å². The minimum Gasteiger partial charge on any atom is -0.508 e. The second-order valence-corrected chi connectivity index (χ2v) is 9.82. The first kappa shape index (κ1) is 26.5. The Kier molecular flexibility index (Phi) is 5.94. The van der Waals surface area contributed by atoms with Crippen LogP contribution in [0.15, 0.2) is 69.9 Å². The van der Waals surface area contributed by atoms with Crippen LogP contribution >= 0.6 is 0 Å². The molecule has 1 aliphatic rings. The highest BCUT2D eigenvalue weighted by Gasteiger charge is 2.43. The van der Waals surface area contributed by atoms with E-state index in [1.165, 1.54) is 42.5 Å². The van der Waals surface area contributed by atoms with Crippen LogP contribution in [-0.4, -0.2) is 52.1 Å². The summed E-state index contributed by atoms with van der Waals surface area (Å²) in [6, 6.07) is 12.0. The third-order valence-electron chi connectivity index (χ3n) is 7.27. The molecular formula is C30H22O12. The summed E-state index contributed by atoms with van der Waals surface area (Å²) in [7, 11) is 0. The zero-order chi connectivity index (χ0) is 30.0. The van der Waals surface area contributed by atoms with Gasteiger partial charge in [-0.1, -0.05) is 12.1 Å². The molecule has 214 valence electrons. The quantitative estimate of drug-likeness (QED) is 0.141. The van der Waals surface area contributed by atoms with Gasteiger partial charge in [-0.2, -0.15) is 0 Å². The zero-order valence-electron chi connectivity index (χ0n) is 21.3. The van der Waals surface area contributed by atoms with Gasteiger partial charge in [0, 0.05) is 34.7 Å². The summed E-state index contributed by atoms with van der Waals surface area (Å²) in [5, 5.41) is 94.7. The van der Waals surface area contributed by atoms with Crippen molar-refractivity contribution in [2.24, 2.45) is 0 Å². The maximum absolute atomic E-state index is 13.0. The molecule has 0 bridgehead atoms. The van der Waals surface area contributed by atoms with Gasteiger partial charge in [0.2, 0.25) is 16.9 Å². The van der Waals surface area contributed by atoms with E-state index < -0.39 is 63.8 Å². The van der Waals surface area contributed by atoms with Gasteiger partial charge in [-0.15, -0.1) is 0 Å². The molecule has 1 aromatic heterocycles. The zero-order valence-corrected chi connectivity index (χ0v) is 21.3. The summed E-state index contributed by atoms with van der Waals surface area (Å²) in [6.45, 7) is 0. The number of aromatic hydroxyl groups is 8. The second kappa shape index (κ2) is 9.42. The number of rotatable bonds is 3. The van der Waals surface area contributed by atoms with Gasteiger partial charge < -0.3 is 55.1 Å². The van der Waals surface area contributed by atoms with Gasteiger partial charge in [0.15, 0.2) is 34.9 Å². The van der Waals surface area contributed by atoms with E-state index in [1.54, 1.807) is 0 Å². The molecule has 0 fully saturated rings. The largest absolute Gasteiger partial charge is 0.508 e. The highest BCUT2D eigenvalue weighted by atomic mass is 16.5. The number of phenolic OH excluding ortho intramolecular Hbond substituents is 7. The molecule has 0 saturated carbocycles. The van der Waals surface area contributed by atoms with E-state index in [9.17, 15) is 50.8 Å². The molecule has 42 heavy (non-hydrogen) atoms. The van der Waals surface area contributed by atoms with Crippen molar-refractivity contribution in [2.75, 3.05) is 0 Å². The van der Waals surface area contributed by atoms with Crippen molar-refractivity contribution in [2.45, 2.75) is 18.1 Å². The first-order valence-corrected chi connectivity index (χ1v) is 12.4. The average Bonchev–Trinajstić information content (AvgIpc) is 2.95. The highest BCUT2D eigenvalue weighted by Crippen LogP contribution is 2.55. The van der Waals surface area contributed by atoms with Crippen LogP contribution in [0.3, 0.4) is 0 Å². The molecule has 0 saturated heterocycles. The van der Waals surface area contributed by atoms with E-state index in [1.807, 2.05) is 0 Å². The molecule has 2 heterocycles. The Hall–Kier alpha value is -5.75. The second-order valence-electron chi connectivity index (χ2n) is 9.82. The van der Waals surface area contributed by atoms with Crippen molar-refractivity contribution in [1.29, 1.82) is 0 Å². The van der Waals surface area contributed by atoms with Gasteiger partial charge in [0.1, 0.15) is 28.9 Å². The summed E-state index contributed by atoms with van der Waals surface area (Å²) < 4.78 is 11.7. The third-order valence-corrected chi connectivity index (χ3v) is 7.27. The van der Waals surface area contributed by atoms with Gasteiger partial charge in [0.05, 0.1) is 5.39 Å². The number of aliphatic hydroxyl groups excluding tert-OH is 1. The lowest BCUT2D eigenvalue weighted by Crippen LogP contribution is -2.35. The van der Waals surface area contributed by atoms with Gasteiger partial charge >= 0.3 is 0 Å². The van der Waals surface area contributed by atoms with Gasteiger partial charge in [-0.05, 0) is 42.0 Å². The van der Waals surface area contributed by atoms with Crippen molar-refractivity contribution in [3.8, 4) is 63.1 Å². The van der Waals surface area contributed by atoms with Crippen LogP contribution in [0.5, 0.6) is 51.7 Å². The summed E-state index contributed by atoms with van der Waals surface area (Å²) in [4.78, 5) is 13.0. The number of phenols is 7. The first-order valence-electron chi connectivity index (χ1n) is 12.4. The Balaban J connectivity index is 1.66. The summed E-state index contributed by atoms with van der Waals surface area (Å²) in [5.74, 6) is -6.99. The molecule has 12 heteroatoms. The Morgan fingerprint density at radius 2 is 1.38 bits per heavy atom. The Morgan fingerprint density at radius 1 is 0.667 bits per heavy atom. The van der Waals surface area contributed by atoms with E-state index in [2.05, 4.69) is 0 Å². The van der Waals surface area contributed by atoms with Crippen molar-refractivity contribution < 1.29 is 55.1 Å². The lowest BCUT2D eigenvalue weighted by atomic mass is 9.77. The highest BCUT2D eigenvalue weighted by molar-refractivity contribution is 5.85. The molecule has 0 amide bonds. The monoisotopic (exact) mass is 574 g/mol. The van der Waals surface area contributed by atoms with E-state index in [-0.39, 0.29) is 50.5 Å². The van der Waals surface area contributed by atoms with E-state index in [0.29, 0.717) is 0 Å². The fourth-order valence-electron chi connectivity index (χ4n) is 5.27. The van der Waals surface area contributed by atoms with Crippen molar-refractivity contribution in [3.63, 3.8) is 0 Å². The standard InChI is InChI=1S/C30H22O12/c31-12-2-4-14-20(8-12)41-29(11-1-6-17(33)18(34)7-11)27(39)22(14)23-16(10-19(35)25(37)26(23)38)30-28(40)24(36)15-5-3-13(32)9-21(15)42-30/h1-10,22,27,29,31-35,37-40H. The molecule has 6 rings (SSSR count). The number of hydrogen-bond acceptors (Lipinski definition) is 12. The Labute approximate surface area is 235 Å². The molecule has 1 aliphatic heterocycles. The predicted molar refractivity (Wildman–Crippen MR) is 145 cm³/mol. The topological polar surface area (TPSA) is 222 Å². The van der Waals surface area contributed by atoms with Crippen molar-refractivity contribution >= 4 is 11.0 Å². The first-order chi connectivity index (χ1) is 20.0. The maximum atomic E-state index is 13.0. The molecule has 4 aromatic carbocycles. The summed E-state index contributed by atoms with van der Waals surface area (Å²) in [5.41, 5.74) is -1.31. The Morgan fingerprint density at radius 3 is 2.12 bits per heavy atom. The summed E-state index contributed by atoms with van der Waals surface area (Å²) >= 11 is 0. The van der Waals surface area contributed by atoms with Crippen LogP contribution in [0.2, 0.25) is 0 Å². The molecule has 3 atom stereocenters. The van der Waals surface area contributed by atoms with Crippen LogP contribution < -0.4 is 10.2 Å². The van der Waals surface area contributed by atoms with Gasteiger partial charge in [0.25, 0.3) is 0 Å². The van der Waals surface area contributed by atoms with Gasteiger partial charge in [-0.25, -0.2) is 0 Å². The molecule has 3 unspecified atom stereocenters. The van der Waals surface area contributed by atoms with E-state index >= 15 is 0 Å². The SMILES string of the molecule is O=c1c(O)c(-c2cc(O)c(O)c(O)c2C2c3ccc(O)cc3OC(c3ccc(O)c(O)c3)C2O)oc2cc(O)ccc12.